The van der Waals surface area contributed by atoms with Gasteiger partial charge in [0, 0.05) is 5.25 Å². The summed E-state index contributed by atoms with van der Waals surface area (Å²) in [6, 6.07) is 0. The van der Waals surface area contributed by atoms with E-state index < -0.39 is 75.9 Å². The number of imidazole rings is 2. The summed E-state index contributed by atoms with van der Waals surface area (Å²) in [5.74, 6) is 0.184. The number of aromatic nitrogens is 8. The average molecular weight is 735 g/mol. The molecule has 0 radical (unpaired) electrons. The molecule has 3 fully saturated rings. The first kappa shape index (κ1) is 33.1. The summed E-state index contributed by atoms with van der Waals surface area (Å²) < 4.78 is 68.6. The molecule has 6 N–H and O–H groups in total. The number of hydrogen-bond donors (Lipinski definition) is 4. The quantitative estimate of drug-likeness (QED) is 0.217. The Morgan fingerprint density at radius 3 is 2.09 bits per heavy atom. The van der Waals surface area contributed by atoms with E-state index in [1.54, 1.807) is 13.8 Å². The van der Waals surface area contributed by atoms with Gasteiger partial charge in [-0.25, -0.2) is 38.9 Å². The van der Waals surface area contributed by atoms with Crippen LogP contribution in [-0.4, -0.2) is 104 Å². The van der Waals surface area contributed by atoms with Crippen LogP contribution in [0.3, 0.4) is 0 Å². The molecular formula is C23H29FN10O9P2S2. The number of fused-ring (bicyclic) bond motifs is 4. The lowest BCUT2D eigenvalue weighted by atomic mass is 10.1. The van der Waals surface area contributed by atoms with Gasteiger partial charge in [0.15, 0.2) is 41.6 Å². The number of aliphatic hydroxyl groups excluding tert-OH is 1. The van der Waals surface area contributed by atoms with Crippen LogP contribution in [0, 0.1) is 0 Å². The minimum absolute atomic E-state index is 0.0772. The van der Waals surface area contributed by atoms with Crippen LogP contribution in [0.4, 0.5) is 16.0 Å². The predicted molar refractivity (Wildman–Crippen MR) is 167 cm³/mol. The standard InChI is InChI=1S/C23H29FN10O9P2S2/c1-9(2)47-45(37)39-4-11-17(15(35)23(41-11)34-8-32-14-19(26)28-6-30-21(14)34)42-44(36,46)38-3-10-16(43-45)12(24)22(40-10)33-7-31-13-18(25)27-5-29-20(13)33/h5-12,15-17,22-23,35H,3-4H2,1-2H3,(H,36,46)(H2,25,27,29)(H2,26,28,30)/t10-,11-,12-,15-,16-,17-,22-,23-,44?,45?/m1/s1. The summed E-state index contributed by atoms with van der Waals surface area (Å²) in [4.78, 5) is 35.6. The smallest absolute Gasteiger partial charge is 0.386 e. The molecule has 2 unspecified atom stereocenters. The minimum Gasteiger partial charge on any atom is -0.386 e. The van der Waals surface area contributed by atoms with Crippen LogP contribution in [0.15, 0.2) is 25.3 Å². The third-order valence-electron chi connectivity index (χ3n) is 7.54. The van der Waals surface area contributed by atoms with Crippen molar-refractivity contribution in [2.24, 2.45) is 0 Å². The molecule has 0 amide bonds. The van der Waals surface area contributed by atoms with E-state index in [1.165, 1.54) is 34.4 Å². The summed E-state index contributed by atoms with van der Waals surface area (Å²) in [7, 11) is 0. The number of nitrogens with zero attached hydrogens (tertiary/aromatic N) is 8. The summed E-state index contributed by atoms with van der Waals surface area (Å²) in [5.41, 5.74) is 12.7. The lowest BCUT2D eigenvalue weighted by molar-refractivity contribution is -0.0570. The van der Waals surface area contributed by atoms with Crippen molar-refractivity contribution in [2.45, 2.75) is 68.2 Å². The molecule has 0 aromatic carbocycles. The third kappa shape index (κ3) is 6.15. The summed E-state index contributed by atoms with van der Waals surface area (Å²) >= 11 is 6.12. The number of rotatable bonds is 4. The zero-order valence-electron chi connectivity index (χ0n) is 24.5. The average Bonchev–Trinajstić information content (AvgIpc) is 3.77. The van der Waals surface area contributed by atoms with Gasteiger partial charge >= 0.3 is 13.5 Å². The fourth-order valence-corrected chi connectivity index (χ4v) is 10.9. The monoisotopic (exact) mass is 734 g/mol. The molecule has 4 aromatic rings. The number of anilines is 2. The van der Waals surface area contributed by atoms with E-state index in [0.717, 1.165) is 11.4 Å². The van der Waals surface area contributed by atoms with Gasteiger partial charge in [-0.05, 0) is 23.2 Å². The number of alkyl halides is 1. The van der Waals surface area contributed by atoms with Gasteiger partial charge in [-0.3, -0.25) is 22.7 Å². The molecule has 24 heteroatoms. The molecule has 4 aromatic heterocycles. The van der Waals surface area contributed by atoms with Crippen molar-refractivity contribution < 1.29 is 46.5 Å². The Morgan fingerprint density at radius 2 is 1.47 bits per heavy atom. The summed E-state index contributed by atoms with van der Waals surface area (Å²) in [6.45, 7) is -5.90. The third-order valence-corrected chi connectivity index (χ3v) is 13.4. The number of halogens is 1. The lowest BCUT2D eigenvalue weighted by Gasteiger charge is -2.30. The Kier molecular flexibility index (Phi) is 8.76. The molecular weight excluding hydrogens is 705 g/mol. The van der Waals surface area contributed by atoms with E-state index in [1.807, 2.05) is 0 Å². The Hall–Kier alpha value is -2.46. The summed E-state index contributed by atoms with van der Waals surface area (Å²) in [5, 5.41) is 11.1. The van der Waals surface area contributed by atoms with E-state index >= 15 is 4.39 Å². The van der Waals surface area contributed by atoms with Crippen molar-refractivity contribution >= 4 is 70.7 Å². The molecule has 0 aliphatic carbocycles. The van der Waals surface area contributed by atoms with Crippen LogP contribution < -0.4 is 11.5 Å². The molecule has 47 heavy (non-hydrogen) atoms. The molecule has 0 bridgehead atoms. The van der Waals surface area contributed by atoms with E-state index in [9.17, 15) is 14.6 Å². The van der Waals surface area contributed by atoms with Crippen molar-refractivity contribution in [2.75, 3.05) is 24.7 Å². The Labute approximate surface area is 274 Å². The zero-order valence-corrected chi connectivity index (χ0v) is 27.9. The maximum atomic E-state index is 16.3. The first-order valence-electron chi connectivity index (χ1n) is 14.1. The minimum atomic E-state index is -4.20. The van der Waals surface area contributed by atoms with Gasteiger partial charge in [-0.2, -0.15) is 0 Å². The van der Waals surface area contributed by atoms with E-state index in [2.05, 4.69) is 29.9 Å². The van der Waals surface area contributed by atoms with E-state index in [0.29, 0.717) is 0 Å². The predicted octanol–water partition coefficient (Wildman–Crippen LogP) is 1.61. The van der Waals surface area contributed by atoms with Gasteiger partial charge in [0.25, 0.3) is 0 Å². The van der Waals surface area contributed by atoms with Gasteiger partial charge in [-0.15, -0.1) is 0 Å². The van der Waals surface area contributed by atoms with Crippen molar-refractivity contribution in [3.63, 3.8) is 0 Å². The number of hydrogen-bond acceptors (Lipinski definition) is 18. The van der Waals surface area contributed by atoms with Gasteiger partial charge in [0.2, 0.25) is 0 Å². The van der Waals surface area contributed by atoms with Crippen molar-refractivity contribution in [1.29, 1.82) is 0 Å². The van der Waals surface area contributed by atoms with Crippen LogP contribution in [0.25, 0.3) is 22.3 Å². The normalized spacial score (nSPS) is 36.7. The number of nitrogens with two attached hydrogens (primary N) is 2. The Morgan fingerprint density at radius 1 is 0.915 bits per heavy atom. The topological polar surface area (TPSA) is 252 Å². The maximum Gasteiger partial charge on any atom is 0.389 e. The van der Waals surface area contributed by atoms with Crippen LogP contribution in [0.5, 0.6) is 0 Å². The molecule has 254 valence electrons. The van der Waals surface area contributed by atoms with Crippen LogP contribution in [0.2, 0.25) is 0 Å². The second-order valence-corrected chi connectivity index (χ2v) is 18.3. The van der Waals surface area contributed by atoms with Crippen LogP contribution in [-0.2, 0) is 43.9 Å². The SMILES string of the molecule is CC(C)SP1(=O)OC[C@H]2O[C@@H](n3cnc4c(N)ncnc43)[C@H](O)[C@@H]2OP(O)(=S)OC[C@H]2O[C@@H](n3cnc4c(N)ncnc43)[C@H](F)[C@@H]2O1. The van der Waals surface area contributed by atoms with Crippen molar-refractivity contribution in [3.8, 4) is 0 Å². The fraction of sp³-hybridized carbons (Fsp3) is 0.565. The number of ether oxygens (including phenoxy) is 2. The van der Waals surface area contributed by atoms with Gasteiger partial charge < -0.3 is 35.5 Å². The van der Waals surface area contributed by atoms with Crippen LogP contribution in [0.1, 0.15) is 26.3 Å². The summed E-state index contributed by atoms with van der Waals surface area (Å²) in [6.07, 6.45) is -6.34. The van der Waals surface area contributed by atoms with E-state index in [4.69, 9.17) is 50.8 Å². The maximum absolute atomic E-state index is 16.3. The van der Waals surface area contributed by atoms with Gasteiger partial charge in [-0.1, -0.05) is 13.8 Å². The Balaban J connectivity index is 1.20. The van der Waals surface area contributed by atoms with Crippen molar-refractivity contribution in [3.05, 3.63) is 25.3 Å². The molecule has 3 aliphatic rings. The highest BCUT2D eigenvalue weighted by atomic mass is 32.7. The second kappa shape index (κ2) is 12.5. The highest BCUT2D eigenvalue weighted by Crippen LogP contribution is 2.65. The van der Waals surface area contributed by atoms with E-state index in [-0.39, 0.29) is 39.2 Å². The first-order chi connectivity index (χ1) is 22.3. The molecule has 7 heterocycles. The molecule has 3 aliphatic heterocycles. The van der Waals surface area contributed by atoms with Crippen molar-refractivity contribution in [1.82, 2.24) is 39.0 Å². The second-order valence-electron chi connectivity index (χ2n) is 11.0. The molecule has 3 saturated heterocycles. The van der Waals surface area contributed by atoms with Crippen LogP contribution >= 0.6 is 24.9 Å². The number of nitrogen functional groups attached to an aromatic ring is 2. The highest BCUT2D eigenvalue weighted by Gasteiger charge is 2.54. The molecule has 0 saturated carbocycles. The first-order valence-corrected chi connectivity index (χ1v) is 19.7. The largest absolute Gasteiger partial charge is 0.389 e. The van der Waals surface area contributed by atoms with Gasteiger partial charge in [0.1, 0.15) is 54.2 Å². The molecule has 10 atom stereocenters. The molecule has 7 rings (SSSR count). The molecule has 19 nitrogen and oxygen atoms in total. The van der Waals surface area contributed by atoms with Gasteiger partial charge in [0.05, 0.1) is 25.9 Å². The lowest BCUT2D eigenvalue weighted by Crippen LogP contribution is -2.38. The number of aliphatic hydroxyl groups is 1. The fourth-order valence-electron chi connectivity index (χ4n) is 5.51. The highest BCUT2D eigenvalue weighted by molar-refractivity contribution is 8.55. The Bertz CT molecular complexity index is 1910. The zero-order chi connectivity index (χ0) is 33.2. The molecule has 0 spiro atoms.